The summed E-state index contributed by atoms with van der Waals surface area (Å²) in [5, 5.41) is 0.0881. The van der Waals surface area contributed by atoms with Gasteiger partial charge in [-0.3, -0.25) is 4.79 Å². The van der Waals surface area contributed by atoms with Gasteiger partial charge >= 0.3 is 6.18 Å². The molecule has 0 saturated carbocycles. The summed E-state index contributed by atoms with van der Waals surface area (Å²) in [6.07, 6.45) is -1.95. The summed E-state index contributed by atoms with van der Waals surface area (Å²) in [7, 11) is -7.10. The molecule has 0 N–H and O–H groups in total. The van der Waals surface area contributed by atoms with Gasteiger partial charge in [-0.25, -0.2) is 21.8 Å². The molecule has 1 fully saturated rings. The quantitative estimate of drug-likeness (QED) is 0.547. The number of rotatable bonds is 5. The van der Waals surface area contributed by atoms with E-state index in [1.165, 1.54) is 11.1 Å². The molecular formula is C23H26F3N3O6S2. The minimum absolute atomic E-state index is 0.0170. The van der Waals surface area contributed by atoms with Crippen molar-refractivity contribution in [2.24, 2.45) is 0 Å². The van der Waals surface area contributed by atoms with Gasteiger partial charge in [0.05, 0.1) is 28.1 Å². The van der Waals surface area contributed by atoms with Crippen LogP contribution in [0.15, 0.2) is 40.4 Å². The minimum atomic E-state index is -4.74. The summed E-state index contributed by atoms with van der Waals surface area (Å²) in [4.78, 5) is 20.6. The van der Waals surface area contributed by atoms with Crippen molar-refractivity contribution in [3.8, 4) is 5.75 Å². The van der Waals surface area contributed by atoms with E-state index >= 15 is 0 Å². The molecule has 2 aromatic rings. The second-order valence-corrected chi connectivity index (χ2v) is 13.6. The lowest BCUT2D eigenvalue weighted by atomic mass is 10.1. The highest BCUT2D eigenvalue weighted by Gasteiger charge is 2.50. The van der Waals surface area contributed by atoms with Gasteiger partial charge in [-0.2, -0.15) is 13.2 Å². The molecule has 0 radical (unpaired) electrons. The summed E-state index contributed by atoms with van der Waals surface area (Å²) < 4.78 is 93.7. The Bertz CT molecular complexity index is 1450. The second kappa shape index (κ2) is 9.15. The third-order valence-corrected chi connectivity index (χ3v) is 9.24. The van der Waals surface area contributed by atoms with Gasteiger partial charge in [-0.05, 0) is 50.1 Å². The lowest BCUT2D eigenvalue weighted by molar-refractivity contribution is -0.234. The van der Waals surface area contributed by atoms with Crippen LogP contribution in [-0.4, -0.2) is 82.6 Å². The van der Waals surface area contributed by atoms with Crippen molar-refractivity contribution >= 4 is 31.3 Å². The first-order valence-electron chi connectivity index (χ1n) is 11.4. The molecule has 0 aliphatic carbocycles. The number of hydrogen-bond acceptors (Lipinski definition) is 8. The van der Waals surface area contributed by atoms with E-state index in [2.05, 4.69) is 4.98 Å². The van der Waals surface area contributed by atoms with Gasteiger partial charge in [0, 0.05) is 32.4 Å². The van der Waals surface area contributed by atoms with Crippen LogP contribution in [0.5, 0.6) is 5.75 Å². The molecule has 2 aliphatic rings. The van der Waals surface area contributed by atoms with Crippen molar-refractivity contribution in [3.63, 3.8) is 0 Å². The molecule has 1 aromatic carbocycles. The predicted octanol–water partition coefficient (Wildman–Crippen LogP) is 2.50. The van der Waals surface area contributed by atoms with E-state index in [1.807, 2.05) is 4.90 Å². The first kappa shape index (κ1) is 27.2. The zero-order valence-electron chi connectivity index (χ0n) is 20.4. The van der Waals surface area contributed by atoms with Crippen molar-refractivity contribution in [1.29, 1.82) is 0 Å². The van der Waals surface area contributed by atoms with Crippen molar-refractivity contribution in [2.45, 2.75) is 42.0 Å². The number of fused-ring (bicyclic) bond motifs is 1. The van der Waals surface area contributed by atoms with Crippen LogP contribution in [0.1, 0.15) is 29.8 Å². The standard InChI is InChI=1S/C23H26F3N3O6S2/c1-22(2,23(24,25)26)35-19-5-4-17(36(3,31)32)13-18(19)21(30)29-9-7-28(8-10-29)16-12-15-6-11-37(33,34)20(15)27-14-16/h4-5,12-14H,6-11H2,1-3H3. The van der Waals surface area contributed by atoms with Gasteiger partial charge in [-0.1, -0.05) is 0 Å². The van der Waals surface area contributed by atoms with Crippen LogP contribution in [0.25, 0.3) is 0 Å². The average molecular weight is 562 g/mol. The van der Waals surface area contributed by atoms with E-state index in [9.17, 15) is 34.8 Å². The average Bonchev–Trinajstić information content (AvgIpc) is 3.11. The number of hydrogen-bond donors (Lipinski definition) is 0. The van der Waals surface area contributed by atoms with Crippen LogP contribution < -0.4 is 9.64 Å². The van der Waals surface area contributed by atoms with E-state index in [0.29, 0.717) is 30.8 Å². The van der Waals surface area contributed by atoms with E-state index in [0.717, 1.165) is 38.3 Å². The number of carbonyl (C=O) groups is 1. The lowest BCUT2D eigenvalue weighted by Gasteiger charge is -2.36. The van der Waals surface area contributed by atoms with Crippen LogP contribution in [0.4, 0.5) is 18.9 Å². The fourth-order valence-electron chi connectivity index (χ4n) is 4.12. The summed E-state index contributed by atoms with van der Waals surface area (Å²) in [5.74, 6) is -1.01. The van der Waals surface area contributed by atoms with E-state index in [4.69, 9.17) is 4.74 Å². The SMILES string of the molecule is CC(C)(Oc1ccc(S(C)(=O)=O)cc1C(=O)N1CCN(c2cnc3c(c2)CCS3(=O)=O)CC1)C(F)(F)F. The number of alkyl halides is 3. The fraction of sp³-hybridized carbons (Fsp3) is 0.478. The molecule has 0 bridgehead atoms. The molecule has 1 aromatic heterocycles. The normalized spacial score (nSPS) is 18.0. The summed E-state index contributed by atoms with van der Waals surface area (Å²) in [6.45, 7) is 2.74. The third-order valence-electron chi connectivity index (χ3n) is 6.44. The Hall–Kier alpha value is -2.87. The van der Waals surface area contributed by atoms with Crippen molar-refractivity contribution in [1.82, 2.24) is 9.88 Å². The monoisotopic (exact) mass is 561 g/mol. The number of benzene rings is 1. The van der Waals surface area contributed by atoms with Crippen molar-refractivity contribution in [2.75, 3.05) is 43.1 Å². The Morgan fingerprint density at radius 1 is 1.08 bits per heavy atom. The molecule has 1 amide bonds. The Morgan fingerprint density at radius 2 is 1.73 bits per heavy atom. The number of aromatic nitrogens is 1. The number of nitrogens with zero attached hydrogens (tertiary/aromatic N) is 3. The molecule has 0 unspecified atom stereocenters. The number of pyridine rings is 1. The van der Waals surface area contributed by atoms with Crippen LogP contribution in [-0.2, 0) is 26.1 Å². The highest BCUT2D eigenvalue weighted by Crippen LogP contribution is 2.36. The van der Waals surface area contributed by atoms with Gasteiger partial charge < -0.3 is 14.5 Å². The minimum Gasteiger partial charge on any atom is -0.478 e. The van der Waals surface area contributed by atoms with Crippen LogP contribution >= 0.6 is 0 Å². The molecule has 4 rings (SSSR count). The number of sulfone groups is 2. The Labute approximate surface area is 213 Å². The molecule has 3 heterocycles. The Kier molecular flexibility index (Phi) is 6.72. The van der Waals surface area contributed by atoms with E-state index < -0.39 is 37.4 Å². The number of amides is 1. The topological polar surface area (TPSA) is 114 Å². The number of piperazine rings is 1. The van der Waals surface area contributed by atoms with Crippen LogP contribution in [0, 0.1) is 0 Å². The Balaban J connectivity index is 1.56. The number of halogens is 3. The number of carbonyl (C=O) groups excluding carboxylic acids is 1. The molecule has 1 saturated heterocycles. The maximum Gasteiger partial charge on any atom is 0.427 e. The van der Waals surface area contributed by atoms with Crippen molar-refractivity contribution in [3.05, 3.63) is 41.6 Å². The largest absolute Gasteiger partial charge is 0.478 e. The fourth-order valence-corrected chi connectivity index (χ4v) is 6.23. The Morgan fingerprint density at radius 3 is 2.32 bits per heavy atom. The lowest BCUT2D eigenvalue weighted by Crippen LogP contribution is -2.49. The second-order valence-electron chi connectivity index (χ2n) is 9.55. The number of anilines is 1. The molecule has 202 valence electrons. The maximum absolute atomic E-state index is 13.4. The first-order valence-corrected chi connectivity index (χ1v) is 14.9. The summed E-state index contributed by atoms with van der Waals surface area (Å²) in [5.41, 5.74) is -1.56. The molecule has 2 aliphatic heterocycles. The van der Waals surface area contributed by atoms with E-state index in [1.54, 1.807) is 6.07 Å². The number of aryl methyl sites for hydroxylation is 1. The van der Waals surface area contributed by atoms with Gasteiger partial charge in [0.25, 0.3) is 5.91 Å². The van der Waals surface area contributed by atoms with Crippen LogP contribution in [0.2, 0.25) is 0 Å². The maximum atomic E-state index is 13.4. The molecule has 0 atom stereocenters. The molecular weight excluding hydrogens is 535 g/mol. The predicted molar refractivity (Wildman–Crippen MR) is 128 cm³/mol. The third kappa shape index (κ3) is 5.40. The molecule has 14 heteroatoms. The van der Waals surface area contributed by atoms with Crippen molar-refractivity contribution < 1.29 is 39.5 Å². The smallest absolute Gasteiger partial charge is 0.427 e. The number of ether oxygens (including phenoxy) is 1. The highest BCUT2D eigenvalue weighted by molar-refractivity contribution is 7.91. The summed E-state index contributed by atoms with van der Waals surface area (Å²) in [6, 6.07) is 4.98. The molecule has 0 spiro atoms. The zero-order valence-corrected chi connectivity index (χ0v) is 22.0. The van der Waals surface area contributed by atoms with Gasteiger partial charge in [0.1, 0.15) is 5.75 Å². The summed E-state index contributed by atoms with van der Waals surface area (Å²) >= 11 is 0. The van der Waals surface area contributed by atoms with E-state index in [-0.39, 0.29) is 40.1 Å². The first-order chi connectivity index (χ1) is 17.0. The van der Waals surface area contributed by atoms with Gasteiger partial charge in [0.15, 0.2) is 30.3 Å². The molecule has 9 nitrogen and oxygen atoms in total. The molecule has 37 heavy (non-hydrogen) atoms. The van der Waals surface area contributed by atoms with Gasteiger partial charge in [-0.15, -0.1) is 0 Å². The van der Waals surface area contributed by atoms with Gasteiger partial charge in [0.2, 0.25) is 0 Å². The van der Waals surface area contributed by atoms with Crippen LogP contribution in [0.3, 0.4) is 0 Å². The zero-order chi connectivity index (χ0) is 27.4. The highest BCUT2D eigenvalue weighted by atomic mass is 32.2.